The maximum atomic E-state index is 12.6. The second-order valence-corrected chi connectivity index (χ2v) is 7.50. The molecule has 2 heterocycles. The molecule has 2 aliphatic rings. The Morgan fingerprint density at radius 1 is 1.25 bits per heavy atom. The van der Waals surface area contributed by atoms with Crippen LogP contribution in [0.25, 0.3) is 0 Å². The maximum Gasteiger partial charge on any atom is 0.341 e. The molecular formula is C18H25NO4S. The summed E-state index contributed by atoms with van der Waals surface area (Å²) >= 11 is 1.54. The normalized spacial score (nSPS) is 20.3. The molecule has 1 atom stereocenters. The van der Waals surface area contributed by atoms with Crippen LogP contribution in [0, 0.1) is 0 Å². The van der Waals surface area contributed by atoms with E-state index in [4.69, 9.17) is 9.47 Å². The summed E-state index contributed by atoms with van der Waals surface area (Å²) in [4.78, 5) is 26.2. The second kappa shape index (κ2) is 8.12. The minimum atomic E-state index is -0.397. The van der Waals surface area contributed by atoms with Gasteiger partial charge in [0.25, 0.3) is 5.91 Å². The highest BCUT2D eigenvalue weighted by Gasteiger charge is 2.29. The van der Waals surface area contributed by atoms with Crippen molar-refractivity contribution < 1.29 is 19.1 Å². The van der Waals surface area contributed by atoms with Gasteiger partial charge in [-0.2, -0.15) is 0 Å². The van der Waals surface area contributed by atoms with Crippen molar-refractivity contribution in [3.05, 3.63) is 16.0 Å². The number of carbonyl (C=O) groups is 2. The summed E-state index contributed by atoms with van der Waals surface area (Å²) in [5.74, 6) is -0.452. The number of thiophene rings is 1. The SMILES string of the molecule is CCCOC(=O)c1c(NC(=O)[C@H]2CCCO2)sc2c1CCCCC2. The van der Waals surface area contributed by atoms with Crippen LogP contribution in [0.3, 0.4) is 0 Å². The summed E-state index contributed by atoms with van der Waals surface area (Å²) in [7, 11) is 0. The minimum absolute atomic E-state index is 0.145. The van der Waals surface area contributed by atoms with Gasteiger partial charge in [0.2, 0.25) is 0 Å². The van der Waals surface area contributed by atoms with Gasteiger partial charge in [-0.25, -0.2) is 4.79 Å². The van der Waals surface area contributed by atoms with Crippen LogP contribution in [0.4, 0.5) is 5.00 Å². The van der Waals surface area contributed by atoms with E-state index in [9.17, 15) is 9.59 Å². The average Bonchev–Trinajstić information content (AvgIpc) is 3.16. The van der Waals surface area contributed by atoms with E-state index in [1.165, 1.54) is 22.6 Å². The molecule has 0 aromatic carbocycles. The molecule has 1 aliphatic heterocycles. The number of rotatable bonds is 5. The molecule has 0 unspecified atom stereocenters. The van der Waals surface area contributed by atoms with Crippen molar-refractivity contribution in [2.45, 2.75) is 64.4 Å². The first-order valence-corrected chi connectivity index (χ1v) is 9.76. The Hall–Kier alpha value is -1.40. The summed E-state index contributed by atoms with van der Waals surface area (Å²) < 4.78 is 10.8. The third-order valence-corrected chi connectivity index (χ3v) is 5.73. The average molecular weight is 351 g/mol. The van der Waals surface area contributed by atoms with Crippen molar-refractivity contribution in [1.82, 2.24) is 0 Å². The number of anilines is 1. The highest BCUT2D eigenvalue weighted by Crippen LogP contribution is 2.38. The largest absolute Gasteiger partial charge is 0.462 e. The van der Waals surface area contributed by atoms with Crippen LogP contribution in [0.15, 0.2) is 0 Å². The standard InChI is InChI=1S/C18H25NO4S/c1-2-10-23-18(21)15-12-7-4-3-5-9-14(12)24-17(15)19-16(20)13-8-6-11-22-13/h13H,2-11H2,1H3,(H,19,20)/t13-/m1/s1. The molecule has 1 aromatic rings. The van der Waals surface area contributed by atoms with Crippen molar-refractivity contribution in [2.24, 2.45) is 0 Å². The Bertz CT molecular complexity index is 604. The zero-order valence-electron chi connectivity index (χ0n) is 14.2. The van der Waals surface area contributed by atoms with Crippen molar-refractivity contribution in [1.29, 1.82) is 0 Å². The quantitative estimate of drug-likeness (QED) is 0.649. The third kappa shape index (κ3) is 3.81. The molecule has 6 heteroatoms. The Morgan fingerprint density at radius 3 is 2.83 bits per heavy atom. The first-order valence-electron chi connectivity index (χ1n) is 8.94. The summed E-state index contributed by atoms with van der Waals surface area (Å²) in [5.41, 5.74) is 1.66. The van der Waals surface area contributed by atoms with Crippen molar-refractivity contribution in [3.8, 4) is 0 Å². The van der Waals surface area contributed by atoms with Crippen molar-refractivity contribution in [2.75, 3.05) is 18.5 Å². The van der Waals surface area contributed by atoms with Gasteiger partial charge in [-0.1, -0.05) is 13.3 Å². The maximum absolute atomic E-state index is 12.6. The Labute approximate surface area is 146 Å². The molecule has 0 radical (unpaired) electrons. The monoisotopic (exact) mass is 351 g/mol. The van der Waals surface area contributed by atoms with Gasteiger partial charge in [0, 0.05) is 11.5 Å². The smallest absolute Gasteiger partial charge is 0.341 e. The lowest BCUT2D eigenvalue weighted by molar-refractivity contribution is -0.124. The van der Waals surface area contributed by atoms with Gasteiger partial charge < -0.3 is 14.8 Å². The fourth-order valence-corrected chi connectivity index (χ4v) is 4.57. The first-order chi connectivity index (χ1) is 11.7. The highest BCUT2D eigenvalue weighted by atomic mass is 32.1. The predicted molar refractivity (Wildman–Crippen MR) is 93.8 cm³/mol. The molecule has 1 fully saturated rings. The molecule has 24 heavy (non-hydrogen) atoms. The Balaban J connectivity index is 1.86. The van der Waals surface area contributed by atoms with Gasteiger partial charge in [0.05, 0.1) is 12.2 Å². The zero-order chi connectivity index (χ0) is 16.9. The predicted octanol–water partition coefficient (Wildman–Crippen LogP) is 3.70. The van der Waals surface area contributed by atoms with E-state index >= 15 is 0 Å². The van der Waals surface area contributed by atoms with Crippen LogP contribution in [-0.4, -0.2) is 31.2 Å². The molecule has 1 N–H and O–H groups in total. The van der Waals surface area contributed by atoms with E-state index < -0.39 is 6.10 Å². The van der Waals surface area contributed by atoms with Crippen LogP contribution < -0.4 is 5.32 Å². The number of ether oxygens (including phenoxy) is 2. The number of aryl methyl sites for hydroxylation is 1. The fraction of sp³-hybridized carbons (Fsp3) is 0.667. The van der Waals surface area contributed by atoms with E-state index in [0.717, 1.165) is 50.5 Å². The highest BCUT2D eigenvalue weighted by molar-refractivity contribution is 7.17. The topological polar surface area (TPSA) is 64.6 Å². The second-order valence-electron chi connectivity index (χ2n) is 6.40. The van der Waals surface area contributed by atoms with Crippen molar-refractivity contribution >= 4 is 28.2 Å². The van der Waals surface area contributed by atoms with Gasteiger partial charge in [-0.3, -0.25) is 4.79 Å². The van der Waals surface area contributed by atoms with Crippen molar-refractivity contribution in [3.63, 3.8) is 0 Å². The van der Waals surface area contributed by atoms with E-state index in [1.807, 2.05) is 6.92 Å². The molecule has 1 amide bonds. The molecule has 1 aromatic heterocycles. The molecule has 5 nitrogen and oxygen atoms in total. The first kappa shape index (κ1) is 17.4. The van der Waals surface area contributed by atoms with Crippen LogP contribution in [0.2, 0.25) is 0 Å². The lowest BCUT2D eigenvalue weighted by atomic mass is 10.1. The molecule has 0 spiro atoms. The van der Waals surface area contributed by atoms with Crippen LogP contribution in [-0.2, 0) is 27.1 Å². The van der Waals surface area contributed by atoms with E-state index in [1.54, 1.807) is 0 Å². The van der Waals surface area contributed by atoms with Crippen LogP contribution >= 0.6 is 11.3 Å². The van der Waals surface area contributed by atoms with Gasteiger partial charge in [0.1, 0.15) is 11.1 Å². The van der Waals surface area contributed by atoms with Gasteiger partial charge in [-0.15, -0.1) is 11.3 Å². The van der Waals surface area contributed by atoms with E-state index in [0.29, 0.717) is 23.8 Å². The molecule has 1 aliphatic carbocycles. The minimum Gasteiger partial charge on any atom is -0.462 e. The Kier molecular flexibility index (Phi) is 5.89. The number of carbonyl (C=O) groups excluding carboxylic acids is 2. The lowest BCUT2D eigenvalue weighted by Crippen LogP contribution is -2.27. The molecular weight excluding hydrogens is 326 g/mol. The summed E-state index contributed by atoms with van der Waals surface area (Å²) in [6, 6.07) is 0. The van der Waals surface area contributed by atoms with E-state index in [-0.39, 0.29) is 11.9 Å². The Morgan fingerprint density at radius 2 is 2.08 bits per heavy atom. The number of fused-ring (bicyclic) bond motifs is 1. The number of hydrogen-bond donors (Lipinski definition) is 1. The molecule has 3 rings (SSSR count). The number of esters is 1. The summed E-state index contributed by atoms with van der Waals surface area (Å²) in [6.45, 7) is 3.01. The summed E-state index contributed by atoms with van der Waals surface area (Å²) in [5, 5.41) is 3.58. The molecule has 1 saturated heterocycles. The fourth-order valence-electron chi connectivity index (χ4n) is 3.29. The van der Waals surface area contributed by atoms with Crippen LogP contribution in [0.1, 0.15) is 66.2 Å². The zero-order valence-corrected chi connectivity index (χ0v) is 15.0. The van der Waals surface area contributed by atoms with Gasteiger partial charge in [0.15, 0.2) is 0 Å². The number of amides is 1. The number of nitrogens with one attached hydrogen (secondary N) is 1. The number of hydrogen-bond acceptors (Lipinski definition) is 5. The molecule has 0 saturated carbocycles. The van der Waals surface area contributed by atoms with Crippen LogP contribution in [0.5, 0.6) is 0 Å². The van der Waals surface area contributed by atoms with Gasteiger partial charge >= 0.3 is 5.97 Å². The molecule has 0 bridgehead atoms. The third-order valence-electron chi connectivity index (χ3n) is 4.52. The molecule has 132 valence electrons. The summed E-state index contributed by atoms with van der Waals surface area (Å²) in [6.07, 6.45) is 7.30. The lowest BCUT2D eigenvalue weighted by Gasteiger charge is -2.11. The van der Waals surface area contributed by atoms with Gasteiger partial charge in [-0.05, 0) is 50.5 Å². The van der Waals surface area contributed by atoms with E-state index in [2.05, 4.69) is 5.32 Å².